The zero-order valence-electron chi connectivity index (χ0n) is 11.5. The van der Waals surface area contributed by atoms with E-state index in [-0.39, 0.29) is 16.9 Å². The van der Waals surface area contributed by atoms with Crippen LogP contribution in [0.5, 0.6) is 0 Å². The summed E-state index contributed by atoms with van der Waals surface area (Å²) in [7, 11) is -0.465. The topological polar surface area (TPSA) is 35.5 Å². The van der Waals surface area contributed by atoms with E-state index in [9.17, 15) is 4.79 Å². The molecule has 1 fully saturated rings. The molecule has 0 radical (unpaired) electrons. The lowest BCUT2D eigenvalue weighted by Crippen LogP contribution is -2.48. The van der Waals surface area contributed by atoms with E-state index in [2.05, 4.69) is 33.9 Å². The molecule has 0 heterocycles. The number of esters is 1. The second-order valence-corrected chi connectivity index (χ2v) is 11.1. The third-order valence-electron chi connectivity index (χ3n) is 4.02. The predicted molar refractivity (Wildman–Crippen MR) is 66.8 cm³/mol. The fourth-order valence-electron chi connectivity index (χ4n) is 1.65. The van der Waals surface area contributed by atoms with Gasteiger partial charge in [-0.25, -0.2) is 4.79 Å². The van der Waals surface area contributed by atoms with E-state index in [1.54, 1.807) is 0 Å². The molecule has 0 bridgehead atoms. The maximum Gasteiger partial charge on any atom is 0.337 e. The molecule has 0 N–H and O–H groups in total. The molecule has 2 atom stereocenters. The van der Waals surface area contributed by atoms with Gasteiger partial charge >= 0.3 is 5.97 Å². The van der Waals surface area contributed by atoms with E-state index < -0.39 is 13.9 Å². The smallest absolute Gasteiger partial charge is 0.337 e. The van der Waals surface area contributed by atoms with Gasteiger partial charge in [-0.1, -0.05) is 27.7 Å². The van der Waals surface area contributed by atoms with Gasteiger partial charge in [-0.15, -0.1) is 0 Å². The summed E-state index contributed by atoms with van der Waals surface area (Å²) in [6.45, 7) is 12.9. The molecule has 4 heteroatoms. The van der Waals surface area contributed by atoms with Crippen LogP contribution in [0.15, 0.2) is 0 Å². The lowest BCUT2D eigenvalue weighted by molar-refractivity contribution is -0.152. The molecule has 0 unspecified atom stereocenters. The van der Waals surface area contributed by atoms with E-state index in [1.165, 1.54) is 7.11 Å². The molecule has 0 amide bonds. The van der Waals surface area contributed by atoms with E-state index in [0.717, 1.165) is 6.42 Å². The Morgan fingerprint density at radius 3 is 2.06 bits per heavy atom. The number of carbonyl (C=O) groups is 1. The van der Waals surface area contributed by atoms with Crippen LogP contribution in [0.4, 0.5) is 0 Å². The van der Waals surface area contributed by atoms with E-state index >= 15 is 0 Å². The molecule has 0 spiro atoms. The van der Waals surface area contributed by atoms with E-state index in [1.807, 2.05) is 6.92 Å². The first kappa shape index (κ1) is 13.7. The zero-order valence-corrected chi connectivity index (χ0v) is 12.5. The van der Waals surface area contributed by atoms with Crippen LogP contribution in [0.2, 0.25) is 18.1 Å². The summed E-state index contributed by atoms with van der Waals surface area (Å²) in [6, 6.07) is 0. The molecule has 0 aromatic heterocycles. The molecule has 3 nitrogen and oxygen atoms in total. The lowest BCUT2D eigenvalue weighted by atomic mass is 10.2. The summed E-state index contributed by atoms with van der Waals surface area (Å²) >= 11 is 0. The van der Waals surface area contributed by atoms with Crippen LogP contribution < -0.4 is 0 Å². The maximum absolute atomic E-state index is 11.8. The number of hydrogen-bond donors (Lipinski definition) is 0. The van der Waals surface area contributed by atoms with Crippen molar-refractivity contribution in [2.45, 2.75) is 57.8 Å². The molecular weight excluding hydrogens is 220 g/mol. The molecule has 0 aromatic carbocycles. The third kappa shape index (κ3) is 2.18. The predicted octanol–water partition coefficient (Wildman–Crippen LogP) is 2.96. The molecule has 94 valence electrons. The van der Waals surface area contributed by atoms with Crippen LogP contribution in [0, 0.1) is 5.92 Å². The highest BCUT2D eigenvalue weighted by Crippen LogP contribution is 2.52. The molecule has 0 aliphatic heterocycles. The summed E-state index contributed by atoms with van der Waals surface area (Å²) < 4.78 is 11.1. The Balaban J connectivity index is 2.84. The van der Waals surface area contributed by atoms with Crippen molar-refractivity contribution >= 4 is 14.3 Å². The molecule has 1 saturated carbocycles. The molecule has 1 rings (SSSR count). The van der Waals surface area contributed by atoms with Gasteiger partial charge < -0.3 is 9.16 Å². The Bertz CT molecular complexity index is 293. The average molecular weight is 244 g/mol. The van der Waals surface area contributed by atoms with Crippen molar-refractivity contribution in [2.75, 3.05) is 7.11 Å². The molecule has 0 aromatic rings. The van der Waals surface area contributed by atoms with Gasteiger partial charge in [0, 0.05) is 0 Å². The highest BCUT2D eigenvalue weighted by Gasteiger charge is 2.63. The normalized spacial score (nSPS) is 30.1. The second kappa shape index (κ2) is 3.84. The molecule has 1 aliphatic carbocycles. The highest BCUT2D eigenvalue weighted by atomic mass is 28.4. The largest absolute Gasteiger partial charge is 0.467 e. The van der Waals surface area contributed by atoms with E-state index in [4.69, 9.17) is 9.16 Å². The fourth-order valence-corrected chi connectivity index (χ4v) is 3.23. The van der Waals surface area contributed by atoms with Crippen molar-refractivity contribution in [3.63, 3.8) is 0 Å². The van der Waals surface area contributed by atoms with Gasteiger partial charge in [0.2, 0.25) is 0 Å². The Labute approximate surface area is 99.6 Å². The summed E-state index contributed by atoms with van der Waals surface area (Å²) in [5.41, 5.74) is -0.641. The zero-order chi connectivity index (χ0) is 12.8. The van der Waals surface area contributed by atoms with Crippen molar-refractivity contribution < 1.29 is 14.0 Å². The number of rotatable bonds is 3. The minimum Gasteiger partial charge on any atom is -0.467 e. The SMILES string of the molecule is COC(=O)[C@]1(O[Si](C)(C)C(C)(C)C)C[C@H]1C. The minimum absolute atomic E-state index is 0.121. The Kier molecular flexibility index (Phi) is 3.29. The number of ether oxygens (including phenoxy) is 1. The third-order valence-corrected chi connectivity index (χ3v) is 8.51. The van der Waals surface area contributed by atoms with Crippen LogP contribution in [0.25, 0.3) is 0 Å². The summed E-state index contributed by atoms with van der Waals surface area (Å²) in [6.07, 6.45) is 0.798. The molecule has 0 saturated heterocycles. The lowest BCUT2D eigenvalue weighted by Gasteiger charge is -2.39. The van der Waals surface area contributed by atoms with Gasteiger partial charge in [0.15, 0.2) is 13.9 Å². The van der Waals surface area contributed by atoms with Crippen LogP contribution in [-0.4, -0.2) is 27.0 Å². The van der Waals surface area contributed by atoms with Crippen LogP contribution in [-0.2, 0) is 14.0 Å². The second-order valence-electron chi connectivity index (χ2n) is 6.35. The average Bonchev–Trinajstić information content (AvgIpc) is 2.73. The standard InChI is InChI=1S/C12H24O3Si/c1-9-8-12(9,10(13)14-5)15-16(6,7)11(2,3)4/h9H,8H2,1-7H3/t9-,12+/m1/s1. The molecule has 16 heavy (non-hydrogen) atoms. The van der Waals surface area contributed by atoms with Crippen molar-refractivity contribution in [1.29, 1.82) is 0 Å². The van der Waals surface area contributed by atoms with Crippen molar-refractivity contribution in [3.05, 3.63) is 0 Å². The maximum atomic E-state index is 11.8. The van der Waals surface area contributed by atoms with Gasteiger partial charge in [-0.2, -0.15) is 0 Å². The Hall–Kier alpha value is -0.353. The van der Waals surface area contributed by atoms with Gasteiger partial charge in [-0.3, -0.25) is 0 Å². The van der Waals surface area contributed by atoms with Crippen molar-refractivity contribution in [1.82, 2.24) is 0 Å². The van der Waals surface area contributed by atoms with Crippen LogP contribution in [0.1, 0.15) is 34.1 Å². The monoisotopic (exact) mass is 244 g/mol. The first-order valence-electron chi connectivity index (χ1n) is 5.85. The van der Waals surface area contributed by atoms with Crippen molar-refractivity contribution in [2.24, 2.45) is 5.92 Å². The highest BCUT2D eigenvalue weighted by molar-refractivity contribution is 6.74. The van der Waals surface area contributed by atoms with E-state index in [0.29, 0.717) is 0 Å². The van der Waals surface area contributed by atoms with Gasteiger partial charge in [0.1, 0.15) is 0 Å². The van der Waals surface area contributed by atoms with Gasteiger partial charge in [0.05, 0.1) is 7.11 Å². The molecular formula is C12H24O3Si. The Morgan fingerprint density at radius 1 is 1.38 bits per heavy atom. The summed E-state index contributed by atoms with van der Waals surface area (Å²) in [5.74, 6) is 0.0823. The van der Waals surface area contributed by atoms with Crippen molar-refractivity contribution in [3.8, 4) is 0 Å². The molecule has 1 aliphatic rings. The van der Waals surface area contributed by atoms with Crippen LogP contribution >= 0.6 is 0 Å². The Morgan fingerprint density at radius 2 is 1.81 bits per heavy atom. The number of hydrogen-bond acceptors (Lipinski definition) is 3. The minimum atomic E-state index is -1.90. The quantitative estimate of drug-likeness (QED) is 0.565. The number of methoxy groups -OCH3 is 1. The van der Waals surface area contributed by atoms with Gasteiger partial charge in [0.25, 0.3) is 0 Å². The fraction of sp³-hybridized carbons (Fsp3) is 0.917. The summed E-state index contributed by atoms with van der Waals surface area (Å²) in [5, 5.41) is 0.121. The first-order valence-corrected chi connectivity index (χ1v) is 8.76. The number of carbonyl (C=O) groups excluding carboxylic acids is 1. The summed E-state index contributed by atoms with van der Waals surface area (Å²) in [4.78, 5) is 11.8. The first-order chi connectivity index (χ1) is 7.07. The van der Waals surface area contributed by atoms with Crippen LogP contribution in [0.3, 0.4) is 0 Å². The van der Waals surface area contributed by atoms with Gasteiger partial charge in [-0.05, 0) is 30.5 Å².